The molecular weight excluding hydrogens is 811 g/mol. The third kappa shape index (κ3) is 5.58. The van der Waals surface area contributed by atoms with Crippen LogP contribution in [0.2, 0.25) is 0 Å². The normalized spacial score (nSPS) is 13.9. The molecule has 0 unspecified atom stereocenters. The number of hydrogen-bond acceptors (Lipinski definition) is 3. The van der Waals surface area contributed by atoms with Crippen molar-refractivity contribution in [2.45, 2.75) is 67.2 Å². The van der Waals surface area contributed by atoms with Crippen molar-refractivity contribution in [1.82, 2.24) is 0 Å². The molecule has 0 aliphatic carbocycles. The fourth-order valence-corrected chi connectivity index (χ4v) is 12.5. The zero-order valence-electron chi connectivity index (χ0n) is 39.8. The second-order valence-corrected chi connectivity index (χ2v) is 19.0. The Bertz CT molecular complexity index is 3300. The largest absolute Gasteiger partial charge is 0.309 e. The Kier molecular flexibility index (Phi) is 9.28. The van der Waals surface area contributed by atoms with Gasteiger partial charge in [0.15, 0.2) is 0 Å². The molecule has 3 nitrogen and oxygen atoms in total. The summed E-state index contributed by atoms with van der Waals surface area (Å²) in [6.45, 7) is 18.6. The predicted molar refractivity (Wildman–Crippen MR) is 282 cm³/mol. The molecule has 1 spiro atoms. The lowest BCUT2D eigenvalue weighted by Gasteiger charge is -2.52. The van der Waals surface area contributed by atoms with Crippen LogP contribution in [-0.4, -0.2) is 0 Å². The van der Waals surface area contributed by atoms with Gasteiger partial charge in [0.05, 0.1) is 45.2 Å². The van der Waals surface area contributed by atoms with Gasteiger partial charge in [-0.2, -0.15) is 0 Å². The lowest BCUT2D eigenvalue weighted by Crippen LogP contribution is -2.42. The minimum absolute atomic E-state index is 0.615. The Hall–Kier alpha value is -7.62. The first-order valence-corrected chi connectivity index (χ1v) is 23.8. The van der Waals surface area contributed by atoms with Crippen molar-refractivity contribution in [2.75, 3.05) is 14.7 Å². The second-order valence-electron chi connectivity index (χ2n) is 19.0. The van der Waals surface area contributed by atoms with Crippen LogP contribution in [0.25, 0.3) is 11.1 Å². The fraction of sp³-hybridized carbons (Fsp3) is 0.156. The van der Waals surface area contributed by atoms with Crippen LogP contribution in [0.15, 0.2) is 176 Å². The molecule has 0 amide bonds. The Morgan fingerprint density at radius 1 is 0.284 bits per heavy atom. The Labute approximate surface area is 396 Å². The van der Waals surface area contributed by atoms with Gasteiger partial charge in [-0.25, -0.2) is 0 Å². The zero-order valence-corrected chi connectivity index (χ0v) is 39.8. The average molecular weight is 866 g/mol. The van der Waals surface area contributed by atoms with Crippen molar-refractivity contribution in [3.8, 4) is 11.1 Å². The van der Waals surface area contributed by atoms with Crippen molar-refractivity contribution < 1.29 is 0 Å². The van der Waals surface area contributed by atoms with E-state index in [4.69, 9.17) is 0 Å². The number of hydrogen-bond donors (Lipinski definition) is 0. The minimum Gasteiger partial charge on any atom is -0.309 e. The quantitative estimate of drug-likeness (QED) is 0.174. The van der Waals surface area contributed by atoms with Crippen molar-refractivity contribution in [3.63, 3.8) is 0 Å². The molecule has 3 aliphatic rings. The maximum Gasteiger partial charge on any atom is 0.0782 e. The standard InChI is InChI=1S/C64H55N3/c1-39-41(3)61(42(4)40(2)60(39)47-24-10-9-11-25-47)66-56-34-20-14-28-50(56)64(51-29-15-21-35-57(51)66)52-30-16-22-36-58(52)67(59-37-23-17-31-53(59)64)63-45(7)43(5)62(44(6)46(63)8)65-54-32-18-12-26-48(54)38-49-27-13-19-33-55(49)65/h9-37H,38H2,1-8H3. The summed E-state index contributed by atoms with van der Waals surface area (Å²) in [6.07, 6.45) is 0.934. The number of fused-ring (bicyclic) bond motifs is 10. The van der Waals surface area contributed by atoms with E-state index < -0.39 is 5.41 Å². The van der Waals surface area contributed by atoms with Gasteiger partial charge >= 0.3 is 0 Å². The summed E-state index contributed by atoms with van der Waals surface area (Å²) in [5.41, 5.74) is 31.4. The van der Waals surface area contributed by atoms with E-state index in [0.717, 1.165) is 6.42 Å². The summed E-state index contributed by atoms with van der Waals surface area (Å²) in [7, 11) is 0. The maximum absolute atomic E-state index is 2.60. The van der Waals surface area contributed by atoms with E-state index in [1.165, 1.54) is 140 Å². The van der Waals surface area contributed by atoms with Crippen molar-refractivity contribution in [3.05, 3.63) is 254 Å². The molecule has 9 aromatic carbocycles. The highest BCUT2D eigenvalue weighted by atomic mass is 15.2. The first-order valence-electron chi connectivity index (χ1n) is 23.8. The van der Waals surface area contributed by atoms with E-state index in [1.54, 1.807) is 0 Å². The maximum atomic E-state index is 2.60. The molecule has 0 N–H and O–H groups in total. The van der Waals surface area contributed by atoms with Crippen LogP contribution in [0.4, 0.5) is 51.2 Å². The summed E-state index contributed by atoms with van der Waals surface area (Å²) in [4.78, 5) is 7.73. The first-order chi connectivity index (χ1) is 32.6. The van der Waals surface area contributed by atoms with Crippen LogP contribution in [-0.2, 0) is 11.8 Å². The van der Waals surface area contributed by atoms with E-state index in [-0.39, 0.29) is 0 Å². The van der Waals surface area contributed by atoms with Crippen LogP contribution in [0.5, 0.6) is 0 Å². The third-order valence-corrected chi connectivity index (χ3v) is 15.9. The highest BCUT2D eigenvalue weighted by molar-refractivity contribution is 6.00. The minimum atomic E-state index is -0.615. The monoisotopic (exact) mass is 865 g/mol. The van der Waals surface area contributed by atoms with Gasteiger partial charge in [-0.3, -0.25) is 0 Å². The third-order valence-electron chi connectivity index (χ3n) is 15.9. The molecule has 0 aromatic heterocycles. The molecule has 0 saturated carbocycles. The van der Waals surface area contributed by atoms with Crippen LogP contribution in [0, 0.1) is 55.4 Å². The van der Waals surface area contributed by atoms with Gasteiger partial charge in [0.1, 0.15) is 0 Å². The van der Waals surface area contributed by atoms with Crippen LogP contribution < -0.4 is 14.7 Å². The summed E-state index contributed by atoms with van der Waals surface area (Å²) in [6, 6.07) is 65.7. The second kappa shape index (κ2) is 15.2. The van der Waals surface area contributed by atoms with E-state index in [9.17, 15) is 0 Å². The number of anilines is 9. The Morgan fingerprint density at radius 2 is 0.552 bits per heavy atom. The smallest absolute Gasteiger partial charge is 0.0782 e. The van der Waals surface area contributed by atoms with Crippen LogP contribution in [0.3, 0.4) is 0 Å². The summed E-state index contributed by atoms with van der Waals surface area (Å²) < 4.78 is 0. The molecule has 0 saturated heterocycles. The van der Waals surface area contributed by atoms with Crippen LogP contribution in [0.1, 0.15) is 77.9 Å². The predicted octanol–water partition coefficient (Wildman–Crippen LogP) is 17.1. The van der Waals surface area contributed by atoms with E-state index in [0.29, 0.717) is 0 Å². The van der Waals surface area contributed by atoms with E-state index in [1.807, 2.05) is 0 Å². The topological polar surface area (TPSA) is 9.72 Å². The molecule has 12 rings (SSSR count). The van der Waals surface area contributed by atoms with Crippen LogP contribution >= 0.6 is 0 Å². The molecule has 3 heteroatoms. The van der Waals surface area contributed by atoms with Crippen molar-refractivity contribution in [2.24, 2.45) is 0 Å². The summed E-state index contributed by atoms with van der Waals surface area (Å²) in [5.74, 6) is 0. The van der Waals surface area contributed by atoms with Crippen molar-refractivity contribution in [1.29, 1.82) is 0 Å². The molecule has 0 fully saturated rings. The van der Waals surface area contributed by atoms with Gasteiger partial charge < -0.3 is 14.7 Å². The first kappa shape index (κ1) is 40.9. The number of para-hydroxylation sites is 6. The molecule has 0 radical (unpaired) electrons. The Balaban J connectivity index is 1.10. The van der Waals surface area contributed by atoms with Gasteiger partial charge in [0.25, 0.3) is 0 Å². The van der Waals surface area contributed by atoms with Gasteiger partial charge in [-0.05, 0) is 181 Å². The summed E-state index contributed by atoms with van der Waals surface area (Å²) >= 11 is 0. The molecule has 326 valence electrons. The van der Waals surface area contributed by atoms with Gasteiger partial charge in [0.2, 0.25) is 0 Å². The molecule has 3 heterocycles. The van der Waals surface area contributed by atoms with Gasteiger partial charge in [-0.15, -0.1) is 0 Å². The molecule has 67 heavy (non-hydrogen) atoms. The van der Waals surface area contributed by atoms with Gasteiger partial charge in [0, 0.05) is 17.8 Å². The van der Waals surface area contributed by atoms with E-state index in [2.05, 4.69) is 246 Å². The SMILES string of the molecule is Cc1c(C)c(N2c3ccccc3C3(c4ccccc42)c2ccccc2N(c2c(C)c(C)c(N4c5ccccc5Cc5ccccc54)c(C)c2C)c2ccccc23)c(C)c(C)c1-c1ccccc1. The molecule has 0 atom stereocenters. The lowest BCUT2D eigenvalue weighted by molar-refractivity contribution is 0.718. The number of rotatable bonds is 4. The molecular formula is C64H55N3. The molecule has 9 aromatic rings. The highest BCUT2D eigenvalue weighted by Crippen LogP contribution is 2.65. The van der Waals surface area contributed by atoms with E-state index >= 15 is 0 Å². The number of benzene rings is 9. The number of nitrogens with zero attached hydrogens (tertiary/aromatic N) is 3. The summed E-state index contributed by atoms with van der Waals surface area (Å²) in [5, 5.41) is 0. The molecule has 3 aliphatic heterocycles. The van der Waals surface area contributed by atoms with Crippen molar-refractivity contribution >= 4 is 51.2 Å². The zero-order chi connectivity index (χ0) is 45.9. The highest BCUT2D eigenvalue weighted by Gasteiger charge is 2.52. The lowest BCUT2D eigenvalue weighted by atomic mass is 9.60. The molecule has 0 bridgehead atoms. The fourth-order valence-electron chi connectivity index (χ4n) is 12.5. The van der Waals surface area contributed by atoms with Gasteiger partial charge in [-0.1, -0.05) is 140 Å². The average Bonchev–Trinajstić information content (AvgIpc) is 3.37. The Morgan fingerprint density at radius 3 is 0.910 bits per heavy atom.